The van der Waals surface area contributed by atoms with Gasteiger partial charge in [0.1, 0.15) is 0 Å². The van der Waals surface area contributed by atoms with Gasteiger partial charge in [-0.1, -0.05) is 23.2 Å². The van der Waals surface area contributed by atoms with Crippen molar-refractivity contribution < 1.29 is 13.9 Å². The molecule has 15 heavy (non-hydrogen) atoms. The van der Waals surface area contributed by atoms with Crippen molar-refractivity contribution in [1.82, 2.24) is 0 Å². The summed E-state index contributed by atoms with van der Waals surface area (Å²) in [5.41, 5.74) is 0.525. The minimum Gasteiger partial charge on any atom is -0.466 e. The average Bonchev–Trinajstić information content (AvgIpc) is 2.22. The quantitative estimate of drug-likeness (QED) is 0.456. The molecule has 1 rings (SSSR count). The molecule has 0 saturated heterocycles. The molecule has 0 heterocycles. The van der Waals surface area contributed by atoms with Crippen molar-refractivity contribution in [2.24, 2.45) is 0 Å². The van der Waals surface area contributed by atoms with Crippen molar-refractivity contribution in [2.75, 3.05) is 7.11 Å². The SMILES string of the molecule is COC(=O)C=Cc1cc(Cl)c(F)c(Cl)c1. The van der Waals surface area contributed by atoms with Crippen molar-refractivity contribution in [2.45, 2.75) is 0 Å². The van der Waals surface area contributed by atoms with Crippen molar-refractivity contribution >= 4 is 35.2 Å². The van der Waals surface area contributed by atoms with Gasteiger partial charge in [0.25, 0.3) is 0 Å². The number of halogens is 3. The lowest BCUT2D eigenvalue weighted by Gasteiger charge is -1.99. The van der Waals surface area contributed by atoms with Crippen LogP contribution in [0.25, 0.3) is 6.08 Å². The second-order valence-corrected chi connectivity index (χ2v) is 3.47. The molecule has 80 valence electrons. The number of rotatable bonds is 2. The van der Waals surface area contributed by atoms with E-state index in [0.29, 0.717) is 5.56 Å². The van der Waals surface area contributed by atoms with Crippen LogP contribution in [0.1, 0.15) is 5.56 Å². The number of hydrogen-bond acceptors (Lipinski definition) is 2. The van der Waals surface area contributed by atoms with E-state index < -0.39 is 11.8 Å². The van der Waals surface area contributed by atoms with Crippen LogP contribution in [-0.2, 0) is 9.53 Å². The van der Waals surface area contributed by atoms with Crippen LogP contribution in [0.3, 0.4) is 0 Å². The first-order chi connectivity index (χ1) is 7.04. The van der Waals surface area contributed by atoms with Crippen molar-refractivity contribution in [3.63, 3.8) is 0 Å². The van der Waals surface area contributed by atoms with Crippen LogP contribution in [0.4, 0.5) is 4.39 Å². The largest absolute Gasteiger partial charge is 0.466 e. The van der Waals surface area contributed by atoms with Crippen LogP contribution in [0.5, 0.6) is 0 Å². The molecule has 2 nitrogen and oxygen atoms in total. The molecule has 0 aliphatic heterocycles. The summed E-state index contributed by atoms with van der Waals surface area (Å²) in [6.45, 7) is 0. The Labute approximate surface area is 96.2 Å². The lowest BCUT2D eigenvalue weighted by atomic mass is 10.2. The number of hydrogen-bond donors (Lipinski definition) is 0. The maximum atomic E-state index is 13.0. The number of carbonyl (C=O) groups is 1. The standard InChI is InChI=1S/C10H7Cl2FO2/c1-15-9(14)3-2-6-4-7(11)10(13)8(12)5-6/h2-5H,1H3. The van der Waals surface area contributed by atoms with Crippen molar-refractivity contribution in [3.05, 3.63) is 39.6 Å². The highest BCUT2D eigenvalue weighted by Crippen LogP contribution is 2.25. The summed E-state index contributed by atoms with van der Waals surface area (Å²) in [6.07, 6.45) is 2.63. The predicted molar refractivity (Wildman–Crippen MR) is 57.5 cm³/mol. The Hall–Kier alpha value is -1.06. The topological polar surface area (TPSA) is 26.3 Å². The van der Waals surface area contributed by atoms with Gasteiger partial charge < -0.3 is 4.74 Å². The predicted octanol–water partition coefficient (Wildman–Crippen LogP) is 3.32. The fourth-order valence-electron chi connectivity index (χ4n) is 0.904. The first-order valence-corrected chi connectivity index (χ1v) is 4.70. The Balaban J connectivity index is 2.97. The molecule has 0 bridgehead atoms. The highest BCUT2D eigenvalue weighted by atomic mass is 35.5. The van der Waals surface area contributed by atoms with E-state index in [2.05, 4.69) is 4.74 Å². The van der Waals surface area contributed by atoms with Gasteiger partial charge in [-0.15, -0.1) is 0 Å². The van der Waals surface area contributed by atoms with Gasteiger partial charge in [-0.05, 0) is 23.8 Å². The maximum absolute atomic E-state index is 13.0. The van der Waals surface area contributed by atoms with E-state index >= 15 is 0 Å². The van der Waals surface area contributed by atoms with Crippen LogP contribution < -0.4 is 0 Å². The van der Waals surface area contributed by atoms with E-state index in [4.69, 9.17) is 23.2 Å². The number of benzene rings is 1. The third-order valence-electron chi connectivity index (χ3n) is 1.62. The van der Waals surface area contributed by atoms with E-state index in [1.807, 2.05) is 0 Å². The summed E-state index contributed by atoms with van der Waals surface area (Å²) < 4.78 is 17.4. The summed E-state index contributed by atoms with van der Waals surface area (Å²) in [4.78, 5) is 10.8. The van der Waals surface area contributed by atoms with Gasteiger partial charge in [-0.2, -0.15) is 0 Å². The average molecular weight is 249 g/mol. The normalized spacial score (nSPS) is 10.7. The van der Waals surface area contributed by atoms with Crippen LogP contribution >= 0.6 is 23.2 Å². The van der Waals surface area contributed by atoms with E-state index in [0.717, 1.165) is 0 Å². The van der Waals surface area contributed by atoms with E-state index in [-0.39, 0.29) is 10.0 Å². The molecule has 0 radical (unpaired) electrons. The Morgan fingerprint density at radius 3 is 2.40 bits per heavy atom. The molecule has 0 unspecified atom stereocenters. The van der Waals surface area contributed by atoms with Gasteiger partial charge in [0.15, 0.2) is 5.82 Å². The summed E-state index contributed by atoms with van der Waals surface area (Å²) in [5.74, 6) is -1.18. The molecular formula is C10H7Cl2FO2. The summed E-state index contributed by atoms with van der Waals surface area (Å²) >= 11 is 11.1. The van der Waals surface area contributed by atoms with Crippen LogP contribution in [0.15, 0.2) is 18.2 Å². The van der Waals surface area contributed by atoms with Gasteiger partial charge in [-0.3, -0.25) is 0 Å². The van der Waals surface area contributed by atoms with Gasteiger partial charge in [0.05, 0.1) is 17.2 Å². The molecule has 0 aromatic heterocycles. The smallest absolute Gasteiger partial charge is 0.330 e. The molecule has 0 aliphatic carbocycles. The number of methoxy groups -OCH3 is 1. The molecule has 0 amide bonds. The highest BCUT2D eigenvalue weighted by Gasteiger charge is 2.06. The molecule has 0 atom stereocenters. The minimum atomic E-state index is -0.673. The zero-order valence-electron chi connectivity index (χ0n) is 7.76. The molecule has 0 aliphatic rings. The minimum absolute atomic E-state index is 0.0907. The van der Waals surface area contributed by atoms with Gasteiger partial charge in [0, 0.05) is 6.08 Å². The summed E-state index contributed by atoms with van der Waals surface area (Å²) in [7, 11) is 1.26. The van der Waals surface area contributed by atoms with Crippen molar-refractivity contribution in [3.8, 4) is 0 Å². The van der Waals surface area contributed by atoms with Gasteiger partial charge in [-0.25, -0.2) is 9.18 Å². The molecule has 0 spiro atoms. The molecule has 0 fully saturated rings. The lowest BCUT2D eigenvalue weighted by molar-refractivity contribution is -0.134. The summed E-state index contributed by atoms with van der Waals surface area (Å²) in [6, 6.07) is 2.73. The van der Waals surface area contributed by atoms with Gasteiger partial charge in [0.2, 0.25) is 0 Å². The molecule has 0 N–H and O–H groups in total. The number of esters is 1. The van der Waals surface area contributed by atoms with E-state index in [1.165, 1.54) is 31.4 Å². The monoisotopic (exact) mass is 248 g/mol. The number of ether oxygens (including phenoxy) is 1. The van der Waals surface area contributed by atoms with Crippen molar-refractivity contribution in [1.29, 1.82) is 0 Å². The Kier molecular flexibility index (Phi) is 4.12. The third-order valence-corrected chi connectivity index (χ3v) is 2.17. The third kappa shape index (κ3) is 3.22. The molecule has 1 aromatic rings. The zero-order chi connectivity index (χ0) is 11.4. The molecule has 0 saturated carbocycles. The second kappa shape index (κ2) is 5.14. The van der Waals surface area contributed by atoms with Gasteiger partial charge >= 0.3 is 5.97 Å². The van der Waals surface area contributed by atoms with E-state index in [1.54, 1.807) is 0 Å². The summed E-state index contributed by atoms with van der Waals surface area (Å²) in [5, 5.41) is -0.181. The maximum Gasteiger partial charge on any atom is 0.330 e. The molecule has 1 aromatic carbocycles. The van der Waals surface area contributed by atoms with Crippen LogP contribution in [0, 0.1) is 5.82 Å². The first-order valence-electron chi connectivity index (χ1n) is 3.95. The fraction of sp³-hybridized carbons (Fsp3) is 0.100. The first kappa shape index (κ1) is 12.0. The Morgan fingerprint density at radius 1 is 1.40 bits per heavy atom. The zero-order valence-corrected chi connectivity index (χ0v) is 9.27. The Morgan fingerprint density at radius 2 is 1.93 bits per heavy atom. The number of carbonyl (C=O) groups excluding carboxylic acids is 1. The molecule has 5 heteroatoms. The van der Waals surface area contributed by atoms with Crippen LogP contribution in [-0.4, -0.2) is 13.1 Å². The second-order valence-electron chi connectivity index (χ2n) is 2.66. The Bertz CT molecular complexity index is 393. The highest BCUT2D eigenvalue weighted by molar-refractivity contribution is 6.35. The van der Waals surface area contributed by atoms with E-state index in [9.17, 15) is 9.18 Å². The lowest BCUT2D eigenvalue weighted by Crippen LogP contribution is -1.93. The van der Waals surface area contributed by atoms with Crippen LogP contribution in [0.2, 0.25) is 10.0 Å². The fourth-order valence-corrected chi connectivity index (χ4v) is 1.41. The molecular weight excluding hydrogens is 242 g/mol.